The van der Waals surface area contributed by atoms with Crippen LogP contribution in [-0.4, -0.2) is 30.3 Å². The molecule has 0 aliphatic rings. The highest BCUT2D eigenvalue weighted by molar-refractivity contribution is 5.92. The number of hydrogen-bond acceptors (Lipinski definition) is 5. The molecular weight excluding hydrogens is 260 g/mol. The molecule has 0 aromatic heterocycles. The molecule has 1 aromatic rings. The van der Waals surface area contributed by atoms with Crippen LogP contribution < -0.4 is 0 Å². The maximum Gasteiger partial charge on any atom is 0.342 e. The van der Waals surface area contributed by atoms with Gasteiger partial charge < -0.3 is 14.6 Å². The summed E-state index contributed by atoms with van der Waals surface area (Å²) in [6.45, 7) is 2.07. The van der Waals surface area contributed by atoms with E-state index in [4.69, 9.17) is 9.47 Å². The van der Waals surface area contributed by atoms with Gasteiger partial charge in [-0.25, -0.2) is 4.79 Å². The van der Waals surface area contributed by atoms with E-state index in [0.717, 1.165) is 19.3 Å². The maximum atomic E-state index is 11.6. The predicted octanol–water partition coefficient (Wildman–Crippen LogP) is 2.67. The number of phenolic OH excluding ortho intramolecular Hbond substituents is 1. The molecule has 0 radical (unpaired) electrons. The van der Waals surface area contributed by atoms with Crippen LogP contribution in [0.1, 0.15) is 43.0 Å². The zero-order valence-corrected chi connectivity index (χ0v) is 11.6. The highest BCUT2D eigenvalue weighted by Crippen LogP contribution is 2.16. The van der Waals surface area contributed by atoms with Crippen molar-refractivity contribution in [1.29, 1.82) is 0 Å². The van der Waals surface area contributed by atoms with Gasteiger partial charge in [0.15, 0.2) is 0 Å². The summed E-state index contributed by atoms with van der Waals surface area (Å²) in [6, 6.07) is 6.12. The fourth-order valence-corrected chi connectivity index (χ4v) is 1.61. The minimum absolute atomic E-state index is 0.0211. The number of benzene rings is 1. The number of ether oxygens (including phenoxy) is 2. The van der Waals surface area contributed by atoms with Crippen molar-refractivity contribution in [2.75, 3.05) is 13.2 Å². The molecule has 5 nitrogen and oxygen atoms in total. The number of carbonyl (C=O) groups is 2. The Morgan fingerprint density at radius 3 is 2.50 bits per heavy atom. The molecule has 0 aliphatic heterocycles. The molecule has 0 atom stereocenters. The largest absolute Gasteiger partial charge is 0.507 e. The summed E-state index contributed by atoms with van der Waals surface area (Å²) in [6.07, 6.45) is 3.25. The number of esters is 2. The normalized spacial score (nSPS) is 10.1. The average molecular weight is 280 g/mol. The lowest BCUT2D eigenvalue weighted by Gasteiger charge is -2.07. The molecule has 0 spiro atoms. The molecule has 0 fully saturated rings. The molecule has 1 aromatic carbocycles. The SMILES string of the molecule is CCCCCC(=O)OCCOC(=O)c1ccccc1O. The second-order valence-electron chi connectivity index (χ2n) is 4.33. The van der Waals surface area contributed by atoms with E-state index >= 15 is 0 Å². The van der Waals surface area contributed by atoms with Gasteiger partial charge in [0, 0.05) is 6.42 Å². The van der Waals surface area contributed by atoms with E-state index in [2.05, 4.69) is 6.92 Å². The summed E-state index contributed by atoms with van der Waals surface area (Å²) < 4.78 is 9.84. The van der Waals surface area contributed by atoms with E-state index in [1.54, 1.807) is 12.1 Å². The molecule has 1 rings (SSSR count). The molecule has 110 valence electrons. The van der Waals surface area contributed by atoms with Gasteiger partial charge in [0.25, 0.3) is 0 Å². The Bertz CT molecular complexity index is 442. The summed E-state index contributed by atoms with van der Waals surface area (Å²) >= 11 is 0. The Morgan fingerprint density at radius 2 is 1.80 bits per heavy atom. The smallest absolute Gasteiger partial charge is 0.342 e. The van der Waals surface area contributed by atoms with E-state index < -0.39 is 5.97 Å². The van der Waals surface area contributed by atoms with Crippen LogP contribution in [0.5, 0.6) is 5.75 Å². The lowest BCUT2D eigenvalue weighted by Crippen LogP contribution is -2.14. The standard InChI is InChI=1S/C15H20O5/c1-2-3-4-9-14(17)19-10-11-20-15(18)12-7-5-6-8-13(12)16/h5-8,16H,2-4,9-11H2,1H3. The molecule has 5 heteroatoms. The van der Waals surface area contributed by atoms with Gasteiger partial charge >= 0.3 is 11.9 Å². The fourth-order valence-electron chi connectivity index (χ4n) is 1.61. The Morgan fingerprint density at radius 1 is 1.10 bits per heavy atom. The average Bonchev–Trinajstić information content (AvgIpc) is 2.44. The van der Waals surface area contributed by atoms with E-state index in [1.807, 2.05) is 0 Å². The molecule has 20 heavy (non-hydrogen) atoms. The van der Waals surface area contributed by atoms with Gasteiger partial charge in [-0.1, -0.05) is 31.9 Å². The first-order chi connectivity index (χ1) is 9.65. The van der Waals surface area contributed by atoms with Crippen LogP contribution in [0.25, 0.3) is 0 Å². The van der Waals surface area contributed by atoms with Gasteiger partial charge in [0.2, 0.25) is 0 Å². The first-order valence-corrected chi connectivity index (χ1v) is 6.76. The third kappa shape index (κ3) is 5.73. The second-order valence-corrected chi connectivity index (χ2v) is 4.33. The number of unbranched alkanes of at least 4 members (excludes halogenated alkanes) is 2. The van der Waals surface area contributed by atoms with Crippen LogP contribution in [0.3, 0.4) is 0 Å². The van der Waals surface area contributed by atoms with Crippen molar-refractivity contribution in [3.8, 4) is 5.75 Å². The van der Waals surface area contributed by atoms with Gasteiger partial charge in [0.1, 0.15) is 24.5 Å². The molecule has 0 unspecified atom stereocenters. The van der Waals surface area contributed by atoms with E-state index in [0.29, 0.717) is 6.42 Å². The van der Waals surface area contributed by atoms with Gasteiger partial charge in [-0.2, -0.15) is 0 Å². The third-order valence-electron chi connectivity index (χ3n) is 2.69. The molecular formula is C15H20O5. The summed E-state index contributed by atoms with van der Waals surface area (Å²) in [5, 5.41) is 9.46. The number of carbonyl (C=O) groups excluding carboxylic acids is 2. The van der Waals surface area contributed by atoms with Crippen LogP contribution in [0.2, 0.25) is 0 Å². The van der Waals surface area contributed by atoms with Crippen LogP contribution in [0, 0.1) is 0 Å². The number of phenols is 1. The summed E-state index contributed by atoms with van der Waals surface area (Å²) in [5.74, 6) is -1.05. The molecule has 1 N–H and O–H groups in total. The predicted molar refractivity (Wildman–Crippen MR) is 73.5 cm³/mol. The van der Waals surface area contributed by atoms with Crippen molar-refractivity contribution in [1.82, 2.24) is 0 Å². The van der Waals surface area contributed by atoms with Gasteiger partial charge in [-0.3, -0.25) is 4.79 Å². The zero-order chi connectivity index (χ0) is 14.8. The Kier molecular flexibility index (Phi) is 7.17. The lowest BCUT2D eigenvalue weighted by molar-refractivity contribution is -0.144. The minimum atomic E-state index is -0.634. The van der Waals surface area contributed by atoms with Gasteiger partial charge in [-0.15, -0.1) is 0 Å². The summed E-state index contributed by atoms with van der Waals surface area (Å²) in [7, 11) is 0. The van der Waals surface area contributed by atoms with Crippen molar-refractivity contribution < 1.29 is 24.2 Å². The minimum Gasteiger partial charge on any atom is -0.507 e. The first kappa shape index (κ1) is 16.0. The van der Waals surface area contributed by atoms with E-state index in [9.17, 15) is 14.7 Å². The molecule has 0 heterocycles. The summed E-state index contributed by atoms with van der Waals surface area (Å²) in [5.41, 5.74) is 0.0989. The van der Waals surface area contributed by atoms with Crippen molar-refractivity contribution in [2.45, 2.75) is 32.6 Å². The maximum absolute atomic E-state index is 11.6. The number of rotatable bonds is 8. The van der Waals surface area contributed by atoms with Crippen molar-refractivity contribution in [3.05, 3.63) is 29.8 Å². The van der Waals surface area contributed by atoms with E-state index in [-0.39, 0.29) is 30.5 Å². The summed E-state index contributed by atoms with van der Waals surface area (Å²) in [4.78, 5) is 22.9. The second kappa shape index (κ2) is 8.96. The van der Waals surface area contributed by atoms with Crippen LogP contribution in [0.4, 0.5) is 0 Å². The monoisotopic (exact) mass is 280 g/mol. The van der Waals surface area contributed by atoms with Crippen molar-refractivity contribution in [2.24, 2.45) is 0 Å². The van der Waals surface area contributed by atoms with Crippen LogP contribution >= 0.6 is 0 Å². The Hall–Kier alpha value is -2.04. The number of hydrogen-bond donors (Lipinski definition) is 1. The lowest BCUT2D eigenvalue weighted by atomic mass is 10.2. The highest BCUT2D eigenvalue weighted by atomic mass is 16.6. The van der Waals surface area contributed by atoms with Gasteiger partial charge in [0.05, 0.1) is 0 Å². The highest BCUT2D eigenvalue weighted by Gasteiger charge is 2.11. The molecule has 0 amide bonds. The van der Waals surface area contributed by atoms with Crippen molar-refractivity contribution in [3.63, 3.8) is 0 Å². The van der Waals surface area contributed by atoms with E-state index in [1.165, 1.54) is 12.1 Å². The fraction of sp³-hybridized carbons (Fsp3) is 0.467. The molecule has 0 bridgehead atoms. The molecule has 0 saturated carbocycles. The molecule has 0 saturated heterocycles. The first-order valence-electron chi connectivity index (χ1n) is 6.76. The topological polar surface area (TPSA) is 72.8 Å². The quantitative estimate of drug-likeness (QED) is 0.585. The third-order valence-corrected chi connectivity index (χ3v) is 2.69. The van der Waals surface area contributed by atoms with Crippen LogP contribution in [0.15, 0.2) is 24.3 Å². The zero-order valence-electron chi connectivity index (χ0n) is 11.6. The Balaban J connectivity index is 2.20. The molecule has 0 aliphatic carbocycles. The van der Waals surface area contributed by atoms with Gasteiger partial charge in [-0.05, 0) is 18.6 Å². The van der Waals surface area contributed by atoms with Crippen LogP contribution in [-0.2, 0) is 14.3 Å². The number of aromatic hydroxyl groups is 1. The number of para-hydroxylation sites is 1. The van der Waals surface area contributed by atoms with Crippen molar-refractivity contribution >= 4 is 11.9 Å². The Labute approximate surface area is 118 Å².